The van der Waals surface area contributed by atoms with Crippen molar-refractivity contribution in [3.8, 4) is 11.3 Å². The van der Waals surface area contributed by atoms with E-state index in [0.717, 1.165) is 25.1 Å². The van der Waals surface area contributed by atoms with E-state index in [1.165, 1.54) is 11.6 Å². The number of hydrogen-bond acceptors (Lipinski definition) is 3. The zero-order chi connectivity index (χ0) is 18.8. The van der Waals surface area contributed by atoms with Crippen LogP contribution in [0.3, 0.4) is 0 Å². The van der Waals surface area contributed by atoms with Crippen LogP contribution >= 0.6 is 0 Å². The maximum absolute atomic E-state index is 14.2. The van der Waals surface area contributed by atoms with Gasteiger partial charge in [-0.2, -0.15) is 10.2 Å². The van der Waals surface area contributed by atoms with Crippen molar-refractivity contribution in [2.45, 2.75) is 38.0 Å². The van der Waals surface area contributed by atoms with Gasteiger partial charge in [0.25, 0.3) is 0 Å². The Morgan fingerprint density at radius 1 is 1.30 bits per heavy atom. The molecule has 1 saturated carbocycles. The largest absolute Gasteiger partial charge is 0.336 e. The van der Waals surface area contributed by atoms with Gasteiger partial charge in [-0.05, 0) is 47.9 Å². The van der Waals surface area contributed by atoms with Crippen LogP contribution in [-0.2, 0) is 5.41 Å². The fourth-order valence-corrected chi connectivity index (χ4v) is 5.56. The van der Waals surface area contributed by atoms with E-state index in [4.69, 9.17) is 0 Å². The number of rotatable bonds is 3. The smallest absolute Gasteiger partial charge is 0.317 e. The molecular formula is C21H23FN4O. The highest BCUT2D eigenvalue weighted by Crippen LogP contribution is 2.67. The van der Waals surface area contributed by atoms with Crippen molar-refractivity contribution in [3.63, 3.8) is 0 Å². The summed E-state index contributed by atoms with van der Waals surface area (Å²) in [6, 6.07) is 8.73. The first-order chi connectivity index (χ1) is 12.9. The van der Waals surface area contributed by atoms with Gasteiger partial charge in [-0.25, -0.2) is 9.18 Å². The van der Waals surface area contributed by atoms with Gasteiger partial charge in [0.05, 0.1) is 11.4 Å². The van der Waals surface area contributed by atoms with Crippen LogP contribution < -0.4 is 5.32 Å². The minimum Gasteiger partial charge on any atom is -0.336 e. The molecule has 2 amide bonds. The fraction of sp³-hybridized carbons (Fsp3) is 0.476. The Hall–Kier alpha value is -2.50. The number of nitrogens with one attached hydrogen (secondary N) is 1. The number of carbonyl (C=O) groups excluding carboxylic acids is 1. The van der Waals surface area contributed by atoms with E-state index < -0.39 is 0 Å². The lowest BCUT2D eigenvalue weighted by molar-refractivity contribution is 0.147. The molecule has 27 heavy (non-hydrogen) atoms. The van der Waals surface area contributed by atoms with Crippen molar-refractivity contribution < 1.29 is 9.18 Å². The highest BCUT2D eigenvalue weighted by Gasteiger charge is 2.64. The number of fused-ring (bicyclic) bond motifs is 5. The Labute approximate surface area is 158 Å². The Balaban J connectivity index is 1.60. The molecule has 6 heteroatoms. The monoisotopic (exact) mass is 366 g/mol. The molecule has 2 aromatic rings. The summed E-state index contributed by atoms with van der Waals surface area (Å²) in [5.41, 5.74) is 3.06. The molecule has 5 rings (SSSR count). The summed E-state index contributed by atoms with van der Waals surface area (Å²) in [5.74, 6) is 0.0804. The van der Waals surface area contributed by atoms with Gasteiger partial charge in [0.15, 0.2) is 0 Å². The van der Waals surface area contributed by atoms with Crippen LogP contribution in [0.1, 0.15) is 43.9 Å². The lowest BCUT2D eigenvalue weighted by Crippen LogP contribution is -2.47. The van der Waals surface area contributed by atoms with Crippen LogP contribution in [0.5, 0.6) is 0 Å². The van der Waals surface area contributed by atoms with Gasteiger partial charge in [-0.1, -0.05) is 26.0 Å². The molecule has 1 saturated heterocycles. The SMILES string of the molecule is CC1(C)[C@@H]2CC[C@@]1(CN1CCNC1=O)c1nnc(-c3ccccc3F)cc12. The second-order valence-electron chi connectivity index (χ2n) is 8.56. The zero-order valence-corrected chi connectivity index (χ0v) is 15.6. The van der Waals surface area contributed by atoms with Gasteiger partial charge in [-0.15, -0.1) is 0 Å². The lowest BCUT2D eigenvalue weighted by atomic mass is 9.68. The molecule has 140 valence electrons. The number of urea groups is 1. The number of aromatic nitrogens is 2. The summed E-state index contributed by atoms with van der Waals surface area (Å²) in [5, 5.41) is 11.9. The summed E-state index contributed by atoms with van der Waals surface area (Å²) in [6.07, 6.45) is 2.08. The Morgan fingerprint density at radius 3 is 2.85 bits per heavy atom. The van der Waals surface area contributed by atoms with Crippen molar-refractivity contribution in [2.24, 2.45) is 5.41 Å². The average molecular weight is 366 g/mol. The number of benzene rings is 1. The van der Waals surface area contributed by atoms with Gasteiger partial charge >= 0.3 is 6.03 Å². The Kier molecular flexibility index (Phi) is 3.39. The van der Waals surface area contributed by atoms with Crippen LogP contribution in [0.4, 0.5) is 9.18 Å². The molecule has 2 atom stereocenters. The van der Waals surface area contributed by atoms with Crippen LogP contribution in [0, 0.1) is 11.2 Å². The van der Waals surface area contributed by atoms with Crippen molar-refractivity contribution in [1.29, 1.82) is 0 Å². The Bertz CT molecular complexity index is 944. The lowest BCUT2D eigenvalue weighted by Gasteiger charge is -2.40. The van der Waals surface area contributed by atoms with Crippen molar-refractivity contribution in [3.05, 3.63) is 47.4 Å². The van der Waals surface area contributed by atoms with E-state index in [2.05, 4.69) is 29.4 Å². The zero-order valence-electron chi connectivity index (χ0n) is 15.6. The minimum atomic E-state index is -0.280. The van der Waals surface area contributed by atoms with Crippen LogP contribution in [0.2, 0.25) is 0 Å². The van der Waals surface area contributed by atoms with Crippen molar-refractivity contribution in [1.82, 2.24) is 20.4 Å². The van der Waals surface area contributed by atoms with Gasteiger partial charge in [0.2, 0.25) is 0 Å². The third kappa shape index (κ3) is 2.12. The quantitative estimate of drug-likeness (QED) is 0.905. The number of carbonyl (C=O) groups is 1. The molecule has 1 N–H and O–H groups in total. The summed E-state index contributed by atoms with van der Waals surface area (Å²) < 4.78 is 14.2. The van der Waals surface area contributed by atoms with Gasteiger partial charge in [-0.3, -0.25) is 0 Å². The molecule has 2 bridgehead atoms. The highest BCUT2D eigenvalue weighted by atomic mass is 19.1. The molecule has 0 spiro atoms. The maximum atomic E-state index is 14.2. The van der Waals surface area contributed by atoms with Crippen LogP contribution in [-0.4, -0.2) is 40.8 Å². The topological polar surface area (TPSA) is 58.1 Å². The summed E-state index contributed by atoms with van der Waals surface area (Å²) in [7, 11) is 0. The molecule has 5 nitrogen and oxygen atoms in total. The third-order valence-electron chi connectivity index (χ3n) is 7.17. The van der Waals surface area contributed by atoms with E-state index in [1.807, 2.05) is 17.0 Å². The first-order valence-electron chi connectivity index (χ1n) is 9.60. The van der Waals surface area contributed by atoms with Crippen molar-refractivity contribution >= 4 is 6.03 Å². The van der Waals surface area contributed by atoms with Gasteiger partial charge < -0.3 is 10.2 Å². The highest BCUT2D eigenvalue weighted by molar-refractivity contribution is 5.76. The number of nitrogens with zero attached hydrogens (tertiary/aromatic N) is 3. The predicted molar refractivity (Wildman–Crippen MR) is 99.8 cm³/mol. The van der Waals surface area contributed by atoms with E-state index >= 15 is 0 Å². The number of amides is 2. The summed E-state index contributed by atoms with van der Waals surface area (Å²) in [4.78, 5) is 14.1. The van der Waals surface area contributed by atoms with Gasteiger partial charge in [0.1, 0.15) is 5.82 Å². The van der Waals surface area contributed by atoms with Crippen LogP contribution in [0.15, 0.2) is 30.3 Å². The van der Waals surface area contributed by atoms with Gasteiger partial charge in [0, 0.05) is 30.6 Å². The summed E-state index contributed by atoms with van der Waals surface area (Å²) in [6.45, 7) is 6.66. The molecular weight excluding hydrogens is 343 g/mol. The first-order valence-corrected chi connectivity index (χ1v) is 9.60. The second kappa shape index (κ2) is 5.50. The average Bonchev–Trinajstić information content (AvgIpc) is 3.22. The van der Waals surface area contributed by atoms with E-state index in [9.17, 15) is 9.18 Å². The van der Waals surface area contributed by atoms with E-state index in [1.54, 1.807) is 12.1 Å². The molecule has 1 aromatic heterocycles. The standard InChI is InChI=1S/C21H23FN4O/c1-20(2)15-7-8-21(20,12-26-10-9-23-19(26)27)18-14(15)11-17(24-25-18)13-5-3-4-6-16(13)22/h3-6,11,15H,7-10,12H2,1-2H3,(H,23,27)/t15-,21-/m1/s1. The molecule has 1 aliphatic heterocycles. The Morgan fingerprint density at radius 2 is 2.11 bits per heavy atom. The molecule has 2 heterocycles. The molecule has 0 radical (unpaired) electrons. The molecule has 1 aromatic carbocycles. The predicted octanol–water partition coefficient (Wildman–Crippen LogP) is 3.46. The fourth-order valence-electron chi connectivity index (χ4n) is 5.56. The van der Waals surface area contributed by atoms with Crippen molar-refractivity contribution in [2.75, 3.05) is 19.6 Å². The van der Waals surface area contributed by atoms with E-state index in [0.29, 0.717) is 30.3 Å². The molecule has 3 aliphatic rings. The third-order valence-corrected chi connectivity index (χ3v) is 7.17. The number of hydrogen-bond donors (Lipinski definition) is 1. The molecule has 0 unspecified atom stereocenters. The van der Waals surface area contributed by atoms with Crippen LogP contribution in [0.25, 0.3) is 11.3 Å². The minimum absolute atomic E-state index is 0.00742. The second-order valence-corrected chi connectivity index (χ2v) is 8.56. The number of halogens is 1. The maximum Gasteiger partial charge on any atom is 0.317 e. The first kappa shape index (κ1) is 16.7. The molecule has 2 aliphatic carbocycles. The summed E-state index contributed by atoms with van der Waals surface area (Å²) >= 11 is 0. The molecule has 2 fully saturated rings. The normalized spacial score (nSPS) is 27.7. The van der Waals surface area contributed by atoms with E-state index in [-0.39, 0.29) is 22.7 Å².